The molecule has 0 unspecified atom stereocenters. The molecule has 0 amide bonds. The number of hydrogen-bond donors (Lipinski definition) is 0. The number of hydrogen-bond acceptors (Lipinski definition) is 4. The Morgan fingerprint density at radius 2 is 1.24 bits per heavy atom. The van der Waals surface area contributed by atoms with Crippen LogP contribution in [0.1, 0.15) is 17.3 Å². The minimum Gasteiger partial charge on any atom is -0.462 e. The molecule has 0 aliphatic heterocycles. The first-order chi connectivity index (χ1) is 16.6. The average Bonchev–Trinajstić information content (AvgIpc) is 2.89. The number of ketones is 1. The van der Waals surface area contributed by atoms with Gasteiger partial charge in [0.2, 0.25) is 5.78 Å². The van der Waals surface area contributed by atoms with Crippen molar-refractivity contribution >= 4 is 51.4 Å². The Bertz CT molecular complexity index is 1250. The number of rotatable bonds is 7. The van der Waals surface area contributed by atoms with Crippen molar-refractivity contribution in [3.8, 4) is 0 Å². The third-order valence-corrected chi connectivity index (χ3v) is 10.0. The molecule has 3 aromatic carbocycles. The highest BCUT2D eigenvalue weighted by atomic mass is 35.5. The highest BCUT2D eigenvalue weighted by molar-refractivity contribution is 7.97. The summed E-state index contributed by atoms with van der Waals surface area (Å²) in [5.41, 5.74) is 0.166. The van der Waals surface area contributed by atoms with E-state index in [2.05, 4.69) is 4.98 Å². The van der Waals surface area contributed by atoms with Crippen LogP contribution in [0, 0.1) is 0 Å². The van der Waals surface area contributed by atoms with Crippen molar-refractivity contribution in [1.82, 2.24) is 4.98 Å². The van der Waals surface area contributed by atoms with Crippen molar-refractivity contribution in [3.05, 3.63) is 120 Å². The lowest BCUT2D eigenvalue weighted by Gasteiger charge is -2.31. The van der Waals surface area contributed by atoms with Crippen LogP contribution in [0.2, 0.25) is 5.15 Å². The fourth-order valence-corrected chi connectivity index (χ4v) is 8.55. The molecule has 1 aromatic heterocycles. The molecule has 0 radical (unpaired) electrons. The monoisotopic (exact) mass is 487 g/mol. The van der Waals surface area contributed by atoms with Gasteiger partial charge in [0.15, 0.2) is 0 Å². The lowest BCUT2D eigenvalue weighted by atomic mass is 10.1. The number of pyridine rings is 1. The summed E-state index contributed by atoms with van der Waals surface area (Å²) in [4.78, 5) is 32.0. The summed E-state index contributed by atoms with van der Waals surface area (Å²) in [5, 5.41) is 2.70. The number of ether oxygens (including phenoxy) is 1. The molecule has 0 aliphatic rings. The first-order valence-electron chi connectivity index (χ1n) is 10.9. The molecule has 0 bridgehead atoms. The Morgan fingerprint density at radius 3 is 1.65 bits per heavy atom. The number of Topliss-reactive ketones (excluding diaryl/α,β-unsaturated/α-hetero) is 1. The zero-order valence-electron chi connectivity index (χ0n) is 18.6. The number of aromatic nitrogens is 1. The summed E-state index contributed by atoms with van der Waals surface area (Å²) >= 11 is 6.35. The van der Waals surface area contributed by atoms with E-state index >= 15 is 0 Å². The van der Waals surface area contributed by atoms with Crippen LogP contribution in [0.3, 0.4) is 0 Å². The molecule has 0 saturated heterocycles. The number of halogens is 1. The topological polar surface area (TPSA) is 56.3 Å². The lowest BCUT2D eigenvalue weighted by Crippen LogP contribution is -2.38. The third kappa shape index (κ3) is 4.35. The van der Waals surface area contributed by atoms with Gasteiger partial charge in [-0.2, -0.15) is 0 Å². The van der Waals surface area contributed by atoms with Crippen LogP contribution in [0.5, 0.6) is 0 Å². The SMILES string of the molecule is CCOC(=O)C(C(=O)c1cccnc1Cl)=P(c1ccccc1)(c1ccccc1)c1ccccc1. The molecule has 170 valence electrons. The maximum absolute atomic E-state index is 14.2. The van der Waals surface area contributed by atoms with Crippen LogP contribution < -0.4 is 15.9 Å². The van der Waals surface area contributed by atoms with Gasteiger partial charge in [0.05, 0.1) is 12.2 Å². The molecular weight excluding hydrogens is 465 g/mol. The van der Waals surface area contributed by atoms with E-state index in [1.165, 1.54) is 6.20 Å². The second-order valence-electron chi connectivity index (χ2n) is 7.42. The van der Waals surface area contributed by atoms with E-state index in [1.54, 1.807) is 19.1 Å². The summed E-state index contributed by atoms with van der Waals surface area (Å²) in [6, 6.07) is 32.3. The average molecular weight is 488 g/mol. The maximum Gasteiger partial charge on any atom is 0.343 e. The number of carbonyl (C=O) groups excluding carboxylic acids is 2. The predicted molar refractivity (Wildman–Crippen MR) is 140 cm³/mol. The summed E-state index contributed by atoms with van der Waals surface area (Å²) in [5.74, 6) is -1.14. The van der Waals surface area contributed by atoms with Crippen molar-refractivity contribution in [3.63, 3.8) is 0 Å². The second-order valence-corrected chi connectivity index (χ2v) is 11.1. The molecule has 0 aliphatic carbocycles. The molecular formula is C28H23ClNO3P. The van der Waals surface area contributed by atoms with Crippen LogP contribution in [0.25, 0.3) is 0 Å². The van der Waals surface area contributed by atoms with E-state index in [0.717, 1.165) is 15.9 Å². The van der Waals surface area contributed by atoms with Gasteiger partial charge in [0.1, 0.15) is 10.4 Å². The molecule has 1 heterocycles. The van der Waals surface area contributed by atoms with E-state index < -0.39 is 18.6 Å². The zero-order chi connectivity index (χ0) is 24.0. The number of esters is 1. The second kappa shape index (κ2) is 10.6. The highest BCUT2D eigenvalue weighted by Gasteiger charge is 2.38. The molecule has 4 aromatic rings. The van der Waals surface area contributed by atoms with Crippen molar-refractivity contribution < 1.29 is 14.3 Å². The first-order valence-corrected chi connectivity index (χ1v) is 13.0. The van der Waals surface area contributed by atoms with Crippen LogP contribution in [0.15, 0.2) is 109 Å². The zero-order valence-corrected chi connectivity index (χ0v) is 20.2. The molecule has 4 nitrogen and oxygen atoms in total. The van der Waals surface area contributed by atoms with E-state index in [9.17, 15) is 9.59 Å². The minimum atomic E-state index is -2.98. The molecule has 0 N–H and O–H groups in total. The van der Waals surface area contributed by atoms with Gasteiger partial charge in [-0.3, -0.25) is 4.79 Å². The van der Waals surface area contributed by atoms with Crippen molar-refractivity contribution in [2.75, 3.05) is 6.61 Å². The van der Waals surface area contributed by atoms with Gasteiger partial charge in [-0.15, -0.1) is 0 Å². The Labute approximate surface area is 204 Å². The normalized spacial score (nSPS) is 11.0. The maximum atomic E-state index is 14.2. The highest BCUT2D eigenvalue weighted by Crippen LogP contribution is 2.47. The van der Waals surface area contributed by atoms with Gasteiger partial charge in [-0.05, 0) is 41.9 Å². The van der Waals surface area contributed by atoms with E-state index in [-0.39, 0.29) is 22.6 Å². The summed E-state index contributed by atoms with van der Waals surface area (Å²) in [7, 11) is 0. The summed E-state index contributed by atoms with van der Waals surface area (Å²) in [6.45, 7) is -1.12. The fraction of sp³-hybridized carbons (Fsp3) is 0.0714. The van der Waals surface area contributed by atoms with E-state index in [4.69, 9.17) is 16.3 Å². The molecule has 0 spiro atoms. The Balaban J connectivity index is 2.27. The first kappa shape index (κ1) is 23.7. The largest absolute Gasteiger partial charge is 0.462 e. The standard InChI is InChI=1S/C28H23ClNO3P/c1-2-33-28(32)26(25(31)24-19-12-20-30-27(24)29)34(21-13-6-3-7-14-21,22-15-8-4-9-16-22)23-17-10-5-11-18-23/h3-20H,2H2,1H3. The summed E-state index contributed by atoms with van der Waals surface area (Å²) < 4.78 is 5.52. The van der Waals surface area contributed by atoms with Gasteiger partial charge < -0.3 is 4.74 Å². The number of benzene rings is 3. The fourth-order valence-electron chi connectivity index (χ4n) is 4.05. The number of nitrogens with zero attached hydrogens (tertiary/aromatic N) is 1. The van der Waals surface area contributed by atoms with E-state index in [1.807, 2.05) is 91.0 Å². The Hall–Kier alpha value is -3.46. The number of carbonyl (C=O) groups is 2. The quantitative estimate of drug-likeness (QED) is 0.125. The molecule has 4 rings (SSSR count). The van der Waals surface area contributed by atoms with E-state index in [0.29, 0.717) is 0 Å². The molecule has 6 heteroatoms. The van der Waals surface area contributed by atoms with Gasteiger partial charge in [0.25, 0.3) is 0 Å². The van der Waals surface area contributed by atoms with Crippen LogP contribution >= 0.6 is 18.5 Å². The van der Waals surface area contributed by atoms with Crippen LogP contribution in [-0.2, 0) is 9.53 Å². The molecule has 34 heavy (non-hydrogen) atoms. The molecule has 0 fully saturated rings. The van der Waals surface area contributed by atoms with Crippen LogP contribution in [0.4, 0.5) is 0 Å². The lowest BCUT2D eigenvalue weighted by molar-refractivity contribution is -0.134. The van der Waals surface area contributed by atoms with Crippen molar-refractivity contribution in [1.29, 1.82) is 0 Å². The minimum absolute atomic E-state index is 0.0431. The molecule has 0 saturated carbocycles. The van der Waals surface area contributed by atoms with Gasteiger partial charge >= 0.3 is 5.97 Å². The van der Waals surface area contributed by atoms with Gasteiger partial charge in [-0.1, -0.05) is 103 Å². The third-order valence-electron chi connectivity index (χ3n) is 5.45. The summed E-state index contributed by atoms with van der Waals surface area (Å²) in [6.07, 6.45) is 1.51. The van der Waals surface area contributed by atoms with Crippen molar-refractivity contribution in [2.24, 2.45) is 0 Å². The van der Waals surface area contributed by atoms with Crippen LogP contribution in [-0.4, -0.2) is 28.6 Å². The Kier molecular flexibility index (Phi) is 7.42. The van der Waals surface area contributed by atoms with Gasteiger partial charge in [-0.25, -0.2) is 9.78 Å². The Morgan fingerprint density at radius 1 is 0.765 bits per heavy atom. The van der Waals surface area contributed by atoms with Crippen molar-refractivity contribution in [2.45, 2.75) is 6.92 Å². The predicted octanol–water partition coefficient (Wildman–Crippen LogP) is 4.65. The molecule has 0 atom stereocenters. The van der Waals surface area contributed by atoms with Gasteiger partial charge in [0, 0.05) is 6.20 Å². The smallest absolute Gasteiger partial charge is 0.343 e.